The Balaban J connectivity index is 1.000. The average molecular weight is 827 g/mol. The van der Waals surface area contributed by atoms with Crippen molar-refractivity contribution in [2.24, 2.45) is 11.8 Å². The van der Waals surface area contributed by atoms with Crippen LogP contribution in [-0.4, -0.2) is 34.7 Å². The van der Waals surface area contributed by atoms with E-state index in [1.54, 1.807) is 5.57 Å². The Morgan fingerprint density at radius 2 is 1.52 bits per heavy atom. The summed E-state index contributed by atoms with van der Waals surface area (Å²) in [5.41, 5.74) is 11.2. The molecule has 2 fully saturated rings. The summed E-state index contributed by atoms with van der Waals surface area (Å²) in [5, 5.41) is 24.1. The summed E-state index contributed by atoms with van der Waals surface area (Å²) >= 11 is 2.06. The zero-order chi connectivity index (χ0) is 40.4. The van der Waals surface area contributed by atoms with E-state index in [-0.39, 0.29) is 24.5 Å². The smallest absolute Gasteiger partial charge is 0.151 e. The van der Waals surface area contributed by atoms with E-state index in [9.17, 15) is 5.26 Å². The molecule has 0 radical (unpaired) electrons. The number of nitrogens with one attached hydrogen (secondary N) is 3. The molecule has 0 spiro atoms. The summed E-state index contributed by atoms with van der Waals surface area (Å²) in [7, 11) is 0. The molecule has 7 aliphatic carbocycles. The van der Waals surface area contributed by atoms with Crippen molar-refractivity contribution in [1.29, 1.82) is 5.26 Å². The van der Waals surface area contributed by atoms with E-state index >= 15 is 0 Å². The fraction of sp³-hybridized carbons (Fsp3) is 0.404. The minimum Gasteiger partial charge on any atom is -0.462 e. The van der Waals surface area contributed by atoms with Crippen molar-refractivity contribution < 1.29 is 9.47 Å². The SMILES string of the molecule is N#CC1C=C(C2NC(C3=CCCC=C3)NC(C3=CCC4SC5=CC=CCC5C4=C3)N2)C(N2C3=C(CCCC3)OC3=C2CCCC3)=CC1N1C2=C(C=CCC2)Oc2ccccc21. The van der Waals surface area contributed by atoms with E-state index in [0.717, 1.165) is 130 Å². The standard InChI is InChI=1S/C52H54N6O2S/c53-31-34-29-37(52-55-50(32-14-2-1-3-15-32)54-51(56-52)33-26-27-49-36(28-33)35-16-4-13-25-48(35)61-49)43(58-40-19-7-11-23-46(40)60-47-24-12-8-20-41(47)58)30-42(34)57-38-17-5-9-21-44(38)59-45-22-10-6-18-39(45)57/h2,4-5,9-10,13-15,17,21-22,25-26,28-30,34-35,42,49-52,54-56H,1,3,6-8,11-12,16,18-20,23-24,27H2. The molecule has 7 unspecified atom stereocenters. The number of para-hydroxylation sites is 2. The minimum atomic E-state index is -0.425. The van der Waals surface area contributed by atoms with Crippen LogP contribution < -0.4 is 25.6 Å². The second-order valence-electron chi connectivity index (χ2n) is 18.1. The predicted octanol–water partition coefficient (Wildman–Crippen LogP) is 10.6. The summed E-state index contributed by atoms with van der Waals surface area (Å²) in [4.78, 5) is 6.58. The molecular formula is C52H54N6O2S. The van der Waals surface area contributed by atoms with Crippen LogP contribution in [0.15, 0.2) is 164 Å². The highest BCUT2D eigenvalue weighted by Crippen LogP contribution is 2.53. The van der Waals surface area contributed by atoms with Gasteiger partial charge in [-0.1, -0.05) is 72.9 Å². The lowest BCUT2D eigenvalue weighted by atomic mass is 9.83. The summed E-state index contributed by atoms with van der Waals surface area (Å²) in [5.74, 6) is 4.06. The van der Waals surface area contributed by atoms with Gasteiger partial charge < -0.3 is 19.3 Å². The number of hydrogen-bond donors (Lipinski definition) is 3. The maximum absolute atomic E-state index is 11.4. The highest BCUT2D eigenvalue weighted by atomic mass is 32.2. The van der Waals surface area contributed by atoms with E-state index in [0.29, 0.717) is 11.2 Å². The summed E-state index contributed by atoms with van der Waals surface area (Å²) < 4.78 is 13.4. The number of rotatable bonds is 5. The van der Waals surface area contributed by atoms with E-state index < -0.39 is 5.92 Å². The zero-order valence-corrected chi connectivity index (χ0v) is 35.6. The Morgan fingerprint density at radius 3 is 2.34 bits per heavy atom. The van der Waals surface area contributed by atoms with Crippen molar-refractivity contribution in [3.63, 3.8) is 0 Å². The second kappa shape index (κ2) is 15.7. The molecule has 0 bridgehead atoms. The van der Waals surface area contributed by atoms with E-state index in [4.69, 9.17) is 9.47 Å². The van der Waals surface area contributed by atoms with Gasteiger partial charge in [-0.25, -0.2) is 0 Å². The van der Waals surface area contributed by atoms with Crippen molar-refractivity contribution in [2.45, 2.75) is 120 Å². The van der Waals surface area contributed by atoms with Crippen LogP contribution in [0.1, 0.15) is 89.9 Å². The van der Waals surface area contributed by atoms with Crippen LogP contribution in [0.2, 0.25) is 0 Å². The van der Waals surface area contributed by atoms with Crippen molar-refractivity contribution in [1.82, 2.24) is 20.9 Å². The number of benzene rings is 1. The van der Waals surface area contributed by atoms with Gasteiger partial charge in [-0.3, -0.25) is 16.0 Å². The number of thioether (sulfide) groups is 1. The maximum Gasteiger partial charge on any atom is 0.151 e. The number of fused-ring (bicyclic) bond motifs is 4. The normalized spacial score (nSPS) is 32.6. The Morgan fingerprint density at radius 1 is 0.738 bits per heavy atom. The molecule has 8 nitrogen and oxygen atoms in total. The molecule has 2 saturated heterocycles. The number of nitrogens with zero attached hydrogens (tertiary/aromatic N) is 3. The molecular weight excluding hydrogens is 773 g/mol. The lowest BCUT2D eigenvalue weighted by Crippen LogP contribution is -2.69. The molecule has 1 aromatic carbocycles. The van der Waals surface area contributed by atoms with Gasteiger partial charge in [0, 0.05) is 35.3 Å². The van der Waals surface area contributed by atoms with Gasteiger partial charge in [-0.2, -0.15) is 5.26 Å². The van der Waals surface area contributed by atoms with Gasteiger partial charge in [0.25, 0.3) is 0 Å². The molecule has 12 rings (SSSR count). The van der Waals surface area contributed by atoms with Crippen LogP contribution >= 0.6 is 11.8 Å². The van der Waals surface area contributed by atoms with Gasteiger partial charge in [-0.15, -0.1) is 11.8 Å². The summed E-state index contributed by atoms with van der Waals surface area (Å²) in [6.07, 6.45) is 42.0. The van der Waals surface area contributed by atoms with Crippen LogP contribution in [0.5, 0.6) is 5.75 Å². The third kappa shape index (κ3) is 6.61. The van der Waals surface area contributed by atoms with Crippen LogP contribution in [0.3, 0.4) is 0 Å². The van der Waals surface area contributed by atoms with Crippen molar-refractivity contribution in [3.8, 4) is 11.8 Å². The summed E-state index contributed by atoms with van der Waals surface area (Å²) in [6.45, 7) is 0. The molecule has 4 aliphatic heterocycles. The average Bonchev–Trinajstić information content (AvgIpc) is 3.70. The molecule has 3 N–H and O–H groups in total. The monoisotopic (exact) mass is 826 g/mol. The van der Waals surface area contributed by atoms with Gasteiger partial charge in [0.2, 0.25) is 0 Å². The van der Waals surface area contributed by atoms with Gasteiger partial charge >= 0.3 is 0 Å². The highest BCUT2D eigenvalue weighted by molar-refractivity contribution is 8.04. The Kier molecular flexibility index (Phi) is 9.74. The first-order valence-electron chi connectivity index (χ1n) is 23.0. The molecule has 7 atom stereocenters. The van der Waals surface area contributed by atoms with Crippen molar-refractivity contribution in [3.05, 3.63) is 164 Å². The third-order valence-electron chi connectivity index (χ3n) is 14.4. The van der Waals surface area contributed by atoms with E-state index in [1.807, 2.05) is 6.07 Å². The molecule has 0 amide bonds. The maximum atomic E-state index is 11.4. The first-order valence-corrected chi connectivity index (χ1v) is 23.9. The van der Waals surface area contributed by atoms with E-state index in [2.05, 4.69) is 135 Å². The molecule has 0 saturated carbocycles. The van der Waals surface area contributed by atoms with Crippen molar-refractivity contribution >= 4 is 17.4 Å². The minimum absolute atomic E-state index is 0.0808. The molecule has 0 aromatic heterocycles. The predicted molar refractivity (Wildman–Crippen MR) is 243 cm³/mol. The zero-order valence-electron chi connectivity index (χ0n) is 34.7. The van der Waals surface area contributed by atoms with Crippen LogP contribution in [0.4, 0.5) is 5.69 Å². The van der Waals surface area contributed by atoms with Gasteiger partial charge in [0.15, 0.2) is 5.75 Å². The molecule has 4 heterocycles. The quantitative estimate of drug-likeness (QED) is 0.269. The first kappa shape index (κ1) is 37.8. The van der Waals surface area contributed by atoms with Gasteiger partial charge in [-0.05, 0) is 123 Å². The fourth-order valence-electron chi connectivity index (χ4n) is 11.5. The van der Waals surface area contributed by atoms with Crippen LogP contribution in [0, 0.1) is 23.2 Å². The Bertz CT molecular complexity index is 2450. The molecule has 310 valence electrons. The molecule has 61 heavy (non-hydrogen) atoms. The highest BCUT2D eigenvalue weighted by Gasteiger charge is 2.45. The van der Waals surface area contributed by atoms with Crippen LogP contribution in [0.25, 0.3) is 0 Å². The largest absolute Gasteiger partial charge is 0.462 e. The first-order chi connectivity index (χ1) is 30.2. The number of ether oxygens (including phenoxy) is 2. The fourth-order valence-corrected chi connectivity index (χ4v) is 12.9. The number of hydrogen-bond acceptors (Lipinski definition) is 9. The third-order valence-corrected chi connectivity index (χ3v) is 15.8. The van der Waals surface area contributed by atoms with Crippen LogP contribution in [-0.2, 0) is 4.74 Å². The van der Waals surface area contributed by atoms with Gasteiger partial charge in [0.05, 0.1) is 59.3 Å². The topological polar surface area (TPSA) is 84.8 Å². The molecule has 9 heteroatoms. The second-order valence-corrected chi connectivity index (χ2v) is 19.3. The van der Waals surface area contributed by atoms with Gasteiger partial charge in [0.1, 0.15) is 17.3 Å². The summed E-state index contributed by atoms with van der Waals surface area (Å²) in [6, 6.07) is 11.0. The van der Waals surface area contributed by atoms with E-state index in [1.165, 1.54) is 33.1 Å². The number of allylic oxidation sites excluding steroid dienone is 14. The molecule has 11 aliphatic rings. The Hall–Kier alpha value is -4.98. The molecule has 1 aromatic rings. The number of nitriles is 1. The lowest BCUT2D eigenvalue weighted by molar-refractivity contribution is 0.190. The van der Waals surface area contributed by atoms with Crippen molar-refractivity contribution in [2.75, 3.05) is 4.90 Å². The number of anilines is 1. The lowest BCUT2D eigenvalue weighted by Gasteiger charge is -2.48. The Labute approximate surface area is 364 Å².